The molecule has 1 atom stereocenters. The SMILES string of the molecule is O=CCn1c(=O)n(CC(=O)NC(C=O)Cc2cc(F)cc(F)c2)c2cc(Cl)ccc21. The molecular weight excluding hydrogens is 420 g/mol. The Balaban J connectivity index is 1.82. The average Bonchev–Trinajstić information content (AvgIpc) is 2.92. The van der Waals surface area contributed by atoms with Crippen LogP contribution >= 0.6 is 11.6 Å². The van der Waals surface area contributed by atoms with E-state index in [0.717, 1.165) is 16.7 Å². The first-order valence-electron chi connectivity index (χ1n) is 8.84. The van der Waals surface area contributed by atoms with Gasteiger partial charge in [0.15, 0.2) is 0 Å². The van der Waals surface area contributed by atoms with Crippen molar-refractivity contribution in [3.63, 3.8) is 0 Å². The number of imidazole rings is 1. The number of aromatic nitrogens is 2. The van der Waals surface area contributed by atoms with E-state index in [1.54, 1.807) is 12.1 Å². The smallest absolute Gasteiger partial charge is 0.329 e. The molecule has 0 saturated carbocycles. The second kappa shape index (κ2) is 9.00. The van der Waals surface area contributed by atoms with Gasteiger partial charge < -0.3 is 14.9 Å². The summed E-state index contributed by atoms with van der Waals surface area (Å²) < 4.78 is 29.0. The monoisotopic (exact) mass is 435 g/mol. The van der Waals surface area contributed by atoms with Crippen LogP contribution in [0.4, 0.5) is 8.78 Å². The lowest BCUT2D eigenvalue weighted by atomic mass is 10.1. The lowest BCUT2D eigenvalue weighted by Gasteiger charge is -2.13. The van der Waals surface area contributed by atoms with Crippen molar-refractivity contribution in [1.29, 1.82) is 0 Å². The highest BCUT2D eigenvalue weighted by Gasteiger charge is 2.18. The number of hydrogen-bond donors (Lipinski definition) is 1. The van der Waals surface area contributed by atoms with Crippen LogP contribution in [0.15, 0.2) is 41.2 Å². The van der Waals surface area contributed by atoms with E-state index in [2.05, 4.69) is 5.32 Å². The number of carbonyl (C=O) groups excluding carboxylic acids is 3. The van der Waals surface area contributed by atoms with Crippen molar-refractivity contribution in [3.8, 4) is 0 Å². The Morgan fingerprint density at radius 1 is 1.07 bits per heavy atom. The molecule has 0 aliphatic rings. The summed E-state index contributed by atoms with van der Waals surface area (Å²) in [6.45, 7) is -0.642. The van der Waals surface area contributed by atoms with Gasteiger partial charge in [0.05, 0.1) is 23.6 Å². The van der Waals surface area contributed by atoms with Gasteiger partial charge in [-0.15, -0.1) is 0 Å². The zero-order valence-electron chi connectivity index (χ0n) is 15.5. The summed E-state index contributed by atoms with van der Waals surface area (Å²) in [5, 5.41) is 2.76. The van der Waals surface area contributed by atoms with Gasteiger partial charge in [0.25, 0.3) is 0 Å². The van der Waals surface area contributed by atoms with Gasteiger partial charge in [-0.05, 0) is 42.3 Å². The lowest BCUT2D eigenvalue weighted by molar-refractivity contribution is -0.124. The number of aldehydes is 2. The van der Waals surface area contributed by atoms with E-state index in [9.17, 15) is 28.0 Å². The van der Waals surface area contributed by atoms with Crippen molar-refractivity contribution in [2.24, 2.45) is 0 Å². The molecule has 0 saturated heterocycles. The molecule has 1 unspecified atom stereocenters. The van der Waals surface area contributed by atoms with Crippen LogP contribution in [0.1, 0.15) is 5.56 Å². The maximum Gasteiger partial charge on any atom is 0.329 e. The molecule has 0 fully saturated rings. The number of halogens is 3. The summed E-state index contributed by atoms with van der Waals surface area (Å²) in [5.41, 5.74) is 0.367. The fourth-order valence-corrected chi connectivity index (χ4v) is 3.37. The van der Waals surface area contributed by atoms with Crippen LogP contribution in [0, 0.1) is 11.6 Å². The molecule has 1 N–H and O–H groups in total. The van der Waals surface area contributed by atoms with E-state index in [0.29, 0.717) is 34.7 Å². The minimum Gasteiger partial charge on any atom is -0.345 e. The Bertz CT molecular complexity index is 1170. The summed E-state index contributed by atoms with van der Waals surface area (Å²) >= 11 is 5.99. The van der Waals surface area contributed by atoms with E-state index in [1.165, 1.54) is 10.6 Å². The zero-order valence-corrected chi connectivity index (χ0v) is 16.2. The standard InChI is InChI=1S/C20H16ClF2N3O4/c21-13-1-2-17-18(8-13)26(20(30)25(17)3-4-27)10-19(29)24-16(11-28)7-12-5-14(22)9-15(23)6-12/h1-2,4-6,8-9,11,16H,3,7,10H2,(H,24,29). The Hall–Kier alpha value is -3.33. The molecule has 10 heteroatoms. The van der Waals surface area contributed by atoms with Crippen LogP contribution in [-0.4, -0.2) is 33.7 Å². The Labute approximate surface area is 173 Å². The average molecular weight is 436 g/mol. The van der Waals surface area contributed by atoms with E-state index >= 15 is 0 Å². The molecular formula is C20H16ClF2N3O4. The predicted molar refractivity (Wildman–Crippen MR) is 105 cm³/mol. The number of carbonyl (C=O) groups is 3. The number of nitrogens with zero attached hydrogens (tertiary/aromatic N) is 2. The molecule has 0 bridgehead atoms. The van der Waals surface area contributed by atoms with Gasteiger partial charge in [0.1, 0.15) is 30.8 Å². The van der Waals surface area contributed by atoms with Crippen LogP contribution in [-0.2, 0) is 33.9 Å². The van der Waals surface area contributed by atoms with Crippen molar-refractivity contribution in [1.82, 2.24) is 14.5 Å². The molecule has 3 aromatic rings. The van der Waals surface area contributed by atoms with Crippen LogP contribution in [0.5, 0.6) is 0 Å². The highest BCUT2D eigenvalue weighted by atomic mass is 35.5. The van der Waals surface area contributed by atoms with Crippen LogP contribution in [0.3, 0.4) is 0 Å². The topological polar surface area (TPSA) is 90.2 Å². The summed E-state index contributed by atoms with van der Waals surface area (Å²) in [7, 11) is 0. The third-order valence-electron chi connectivity index (χ3n) is 4.43. The summed E-state index contributed by atoms with van der Waals surface area (Å²) in [4.78, 5) is 47.4. The van der Waals surface area contributed by atoms with Gasteiger partial charge in [-0.3, -0.25) is 13.9 Å². The molecule has 1 aromatic heterocycles. The molecule has 156 valence electrons. The maximum absolute atomic E-state index is 13.3. The normalized spacial score (nSPS) is 12.0. The number of amides is 1. The van der Waals surface area contributed by atoms with E-state index < -0.39 is 35.8 Å². The summed E-state index contributed by atoms with van der Waals surface area (Å²) in [6, 6.07) is 6.36. The molecule has 1 heterocycles. The third kappa shape index (κ3) is 4.62. The van der Waals surface area contributed by atoms with Gasteiger partial charge in [0, 0.05) is 11.1 Å². The van der Waals surface area contributed by atoms with Gasteiger partial charge in [0.2, 0.25) is 5.91 Å². The van der Waals surface area contributed by atoms with E-state index in [4.69, 9.17) is 11.6 Å². The second-order valence-corrected chi connectivity index (χ2v) is 7.01. The first kappa shape index (κ1) is 21.4. The largest absolute Gasteiger partial charge is 0.345 e. The fraction of sp³-hybridized carbons (Fsp3) is 0.200. The van der Waals surface area contributed by atoms with Crippen molar-refractivity contribution >= 4 is 41.1 Å². The number of benzene rings is 2. The van der Waals surface area contributed by atoms with Gasteiger partial charge in [-0.1, -0.05) is 11.6 Å². The van der Waals surface area contributed by atoms with Crippen molar-refractivity contribution in [2.45, 2.75) is 25.6 Å². The Kier molecular flexibility index (Phi) is 6.41. The van der Waals surface area contributed by atoms with Gasteiger partial charge >= 0.3 is 5.69 Å². The number of rotatable bonds is 8. The summed E-state index contributed by atoms with van der Waals surface area (Å²) in [6.07, 6.45) is 0.869. The molecule has 0 aliphatic heterocycles. The minimum atomic E-state index is -1.05. The van der Waals surface area contributed by atoms with Crippen LogP contribution in [0.2, 0.25) is 5.02 Å². The molecule has 2 aromatic carbocycles. The molecule has 30 heavy (non-hydrogen) atoms. The van der Waals surface area contributed by atoms with E-state index in [1.807, 2.05) is 0 Å². The van der Waals surface area contributed by atoms with Crippen LogP contribution in [0.25, 0.3) is 11.0 Å². The number of nitrogens with one attached hydrogen (secondary N) is 1. The predicted octanol–water partition coefficient (Wildman–Crippen LogP) is 1.86. The van der Waals surface area contributed by atoms with Crippen molar-refractivity contribution in [2.75, 3.05) is 0 Å². The lowest BCUT2D eigenvalue weighted by Crippen LogP contribution is -2.41. The first-order valence-corrected chi connectivity index (χ1v) is 9.22. The van der Waals surface area contributed by atoms with Crippen molar-refractivity contribution < 1.29 is 23.2 Å². The maximum atomic E-state index is 13.3. The minimum absolute atomic E-state index is 0.127. The molecule has 0 radical (unpaired) electrons. The Morgan fingerprint density at radius 3 is 2.40 bits per heavy atom. The fourth-order valence-electron chi connectivity index (χ4n) is 3.21. The highest BCUT2D eigenvalue weighted by Crippen LogP contribution is 2.19. The first-order chi connectivity index (χ1) is 14.3. The number of hydrogen-bond acceptors (Lipinski definition) is 4. The van der Waals surface area contributed by atoms with Crippen molar-refractivity contribution in [3.05, 3.63) is 69.1 Å². The van der Waals surface area contributed by atoms with Gasteiger partial charge in [-0.25, -0.2) is 13.6 Å². The van der Waals surface area contributed by atoms with E-state index in [-0.39, 0.29) is 18.5 Å². The highest BCUT2D eigenvalue weighted by molar-refractivity contribution is 6.31. The molecule has 0 aliphatic carbocycles. The Morgan fingerprint density at radius 2 is 1.77 bits per heavy atom. The van der Waals surface area contributed by atoms with Crippen LogP contribution < -0.4 is 11.0 Å². The third-order valence-corrected chi connectivity index (χ3v) is 4.66. The molecule has 3 rings (SSSR count). The van der Waals surface area contributed by atoms with Gasteiger partial charge in [-0.2, -0.15) is 0 Å². The molecule has 0 spiro atoms. The quantitative estimate of drug-likeness (QED) is 0.547. The second-order valence-electron chi connectivity index (χ2n) is 6.57. The summed E-state index contributed by atoms with van der Waals surface area (Å²) in [5.74, 6) is -2.27. The number of fused-ring (bicyclic) bond motifs is 1. The zero-order chi connectivity index (χ0) is 21.8. The molecule has 1 amide bonds. The molecule has 7 nitrogen and oxygen atoms in total.